The Kier molecular flexibility index (Phi) is 9.04. The van der Waals surface area contributed by atoms with Crippen LogP contribution in [0.25, 0.3) is 5.73 Å². The van der Waals surface area contributed by atoms with Crippen molar-refractivity contribution in [2.24, 2.45) is 0 Å². The van der Waals surface area contributed by atoms with Crippen LogP contribution >= 0.6 is 11.9 Å². The van der Waals surface area contributed by atoms with Crippen molar-refractivity contribution in [3.05, 3.63) is 5.73 Å². The molecule has 0 spiro atoms. The van der Waals surface area contributed by atoms with Gasteiger partial charge in [0.2, 0.25) is 0 Å². The first-order valence-electron chi connectivity index (χ1n) is 0.813. The van der Waals surface area contributed by atoms with Crippen LogP contribution in [0.1, 0.15) is 0 Å². The zero-order valence-corrected chi connectivity index (χ0v) is 5.95. The van der Waals surface area contributed by atoms with Crippen LogP contribution in [-0.4, -0.2) is 6.09 Å². The summed E-state index contributed by atoms with van der Waals surface area (Å²) >= 11 is 4.30. The summed E-state index contributed by atoms with van der Waals surface area (Å²) in [5.74, 6) is 0. The third-order valence-corrected chi connectivity index (χ3v) is 0.210. The standard InChI is InChI=1S/CH2ClNO2.Na/c2-5-1(3)4;/h(H2,3,4);/q;+1/p-1. The van der Waals surface area contributed by atoms with E-state index in [0.29, 0.717) is 0 Å². The number of carbonyl (C=O) groups is 1. The van der Waals surface area contributed by atoms with Gasteiger partial charge < -0.3 is 10.0 Å². The summed E-state index contributed by atoms with van der Waals surface area (Å²) in [5, 5.41) is 0. The molecule has 0 aromatic carbocycles. The van der Waals surface area contributed by atoms with Crippen LogP contribution in [-0.2, 0) is 4.29 Å². The number of hydrogen-bond acceptors (Lipinski definition) is 2. The van der Waals surface area contributed by atoms with E-state index in [1.165, 1.54) is 0 Å². The van der Waals surface area contributed by atoms with E-state index in [1.807, 2.05) is 0 Å². The van der Waals surface area contributed by atoms with Gasteiger partial charge in [0.15, 0.2) is 0 Å². The molecule has 1 N–H and O–H groups in total. The Morgan fingerprint density at radius 2 is 2.00 bits per heavy atom. The summed E-state index contributed by atoms with van der Waals surface area (Å²) in [5.41, 5.74) is 5.83. The maximum absolute atomic E-state index is 9.12. The Morgan fingerprint density at radius 1 is 1.83 bits per heavy atom. The first-order valence-corrected chi connectivity index (χ1v) is 1.12. The number of hydrogen-bond donors (Lipinski definition) is 0. The molecule has 0 aliphatic heterocycles. The van der Waals surface area contributed by atoms with Crippen LogP contribution < -0.4 is 29.6 Å². The van der Waals surface area contributed by atoms with Crippen molar-refractivity contribution in [3.63, 3.8) is 0 Å². The largest absolute Gasteiger partial charge is 1.00 e. The molecule has 0 aromatic rings. The minimum atomic E-state index is -1.23. The molecule has 0 saturated carbocycles. The van der Waals surface area contributed by atoms with E-state index in [9.17, 15) is 0 Å². The van der Waals surface area contributed by atoms with Crippen molar-refractivity contribution >= 4 is 18.0 Å². The smallest absolute Gasteiger partial charge is 0.630 e. The van der Waals surface area contributed by atoms with Crippen molar-refractivity contribution < 1.29 is 38.6 Å². The predicted octanol–water partition coefficient (Wildman–Crippen LogP) is -1.67. The quantitative estimate of drug-likeness (QED) is 0.357. The monoisotopic (exact) mass is 117 g/mol. The molecule has 0 heterocycles. The maximum atomic E-state index is 9.12. The Balaban J connectivity index is 0. The summed E-state index contributed by atoms with van der Waals surface area (Å²) in [6.07, 6.45) is -1.23. The van der Waals surface area contributed by atoms with Gasteiger partial charge in [-0.15, -0.1) is 0 Å². The predicted molar refractivity (Wildman–Crippen MR) is 16.7 cm³/mol. The van der Waals surface area contributed by atoms with Crippen LogP contribution in [0.3, 0.4) is 0 Å². The van der Waals surface area contributed by atoms with Gasteiger partial charge in [0.05, 0.1) is 0 Å². The zero-order valence-electron chi connectivity index (χ0n) is 3.19. The summed E-state index contributed by atoms with van der Waals surface area (Å²) in [6.45, 7) is 0. The van der Waals surface area contributed by atoms with Crippen molar-refractivity contribution in [2.75, 3.05) is 0 Å². The second-order valence-electron chi connectivity index (χ2n) is 0.365. The van der Waals surface area contributed by atoms with E-state index in [4.69, 9.17) is 10.5 Å². The second kappa shape index (κ2) is 5.56. The molecule has 5 heteroatoms. The molecule has 0 rings (SSSR count). The van der Waals surface area contributed by atoms with E-state index in [1.54, 1.807) is 0 Å². The molecule has 30 valence electrons. The molecule has 0 aliphatic rings. The number of amides is 1. The topological polar surface area (TPSA) is 50.1 Å². The van der Waals surface area contributed by atoms with Crippen molar-refractivity contribution in [1.82, 2.24) is 0 Å². The minimum Gasteiger partial charge on any atom is -0.630 e. The molecule has 0 bridgehead atoms. The van der Waals surface area contributed by atoms with E-state index >= 15 is 0 Å². The van der Waals surface area contributed by atoms with Crippen LogP contribution in [0.4, 0.5) is 4.79 Å². The van der Waals surface area contributed by atoms with E-state index in [-0.39, 0.29) is 29.6 Å². The molecule has 0 unspecified atom stereocenters. The average Bonchev–Trinajstić information content (AvgIpc) is 1.38. The second-order valence-corrected chi connectivity index (χ2v) is 0.519. The van der Waals surface area contributed by atoms with Crippen molar-refractivity contribution in [3.8, 4) is 0 Å². The summed E-state index contributed by atoms with van der Waals surface area (Å²) in [6, 6.07) is 0. The van der Waals surface area contributed by atoms with E-state index in [0.717, 1.165) is 0 Å². The number of rotatable bonds is 0. The molecule has 6 heavy (non-hydrogen) atoms. The van der Waals surface area contributed by atoms with Crippen LogP contribution in [0.15, 0.2) is 0 Å². The average molecular weight is 117 g/mol. The van der Waals surface area contributed by atoms with Crippen molar-refractivity contribution in [1.29, 1.82) is 0 Å². The van der Waals surface area contributed by atoms with E-state index in [2.05, 4.69) is 16.2 Å². The molecule has 0 saturated heterocycles. The van der Waals surface area contributed by atoms with Gasteiger partial charge in [-0.3, -0.25) is 4.79 Å². The first-order chi connectivity index (χ1) is 2.27. The minimum absolute atomic E-state index is 0. The summed E-state index contributed by atoms with van der Waals surface area (Å²) < 4.78 is 3.25. The fourth-order valence-corrected chi connectivity index (χ4v) is 0. The van der Waals surface area contributed by atoms with Crippen LogP contribution in [0.2, 0.25) is 0 Å². The van der Waals surface area contributed by atoms with E-state index < -0.39 is 6.09 Å². The SMILES string of the molecule is [NH-]C(=O)OCl.[Na+]. The van der Waals surface area contributed by atoms with Crippen molar-refractivity contribution in [2.45, 2.75) is 0 Å². The fourth-order valence-electron chi connectivity index (χ4n) is 0. The van der Waals surface area contributed by atoms with Gasteiger partial charge in [-0.25, -0.2) is 0 Å². The number of carbonyl (C=O) groups excluding carboxylic acids is 1. The number of halogens is 1. The Labute approximate surface area is 62.2 Å². The number of nitrogens with one attached hydrogen (secondary N) is 1. The third-order valence-electron chi connectivity index (χ3n) is 0.0701. The normalized spacial score (nSPS) is 5.50. The van der Waals surface area contributed by atoms with Gasteiger partial charge >= 0.3 is 29.6 Å². The summed E-state index contributed by atoms with van der Waals surface area (Å²) in [4.78, 5) is 9.12. The zero-order chi connectivity index (χ0) is 4.28. The Morgan fingerprint density at radius 3 is 2.00 bits per heavy atom. The molecule has 0 fully saturated rings. The van der Waals surface area contributed by atoms with Gasteiger partial charge in [-0.1, -0.05) is 0 Å². The first kappa shape index (κ1) is 9.75. The Hall–Kier alpha value is 0.560. The molecule has 3 nitrogen and oxygen atoms in total. The molecular weight excluding hydrogens is 116 g/mol. The molecule has 0 atom stereocenters. The van der Waals surface area contributed by atoms with Gasteiger partial charge in [0, 0.05) is 0 Å². The van der Waals surface area contributed by atoms with Crippen LogP contribution in [0, 0.1) is 0 Å². The molecule has 1 amide bonds. The van der Waals surface area contributed by atoms with Gasteiger partial charge in [0.1, 0.15) is 11.9 Å². The van der Waals surface area contributed by atoms with Gasteiger partial charge in [-0.05, 0) is 0 Å². The maximum Gasteiger partial charge on any atom is 1.00 e. The fraction of sp³-hybridized carbons (Fsp3) is 0. The molecule has 0 radical (unpaired) electrons. The summed E-state index contributed by atoms with van der Waals surface area (Å²) in [7, 11) is 0. The van der Waals surface area contributed by atoms with Crippen LogP contribution in [0.5, 0.6) is 0 Å². The molecule has 0 aromatic heterocycles. The molecular formula is CHClNNaO2. The third kappa shape index (κ3) is 8.82. The van der Waals surface area contributed by atoms with Gasteiger partial charge in [-0.2, -0.15) is 0 Å². The Bertz CT molecular complexity index is 48.8. The molecule has 0 aliphatic carbocycles. The van der Waals surface area contributed by atoms with Gasteiger partial charge in [0.25, 0.3) is 6.09 Å².